The highest BCUT2D eigenvalue weighted by atomic mass is 79.9. The minimum atomic E-state index is -3.81. The van der Waals surface area contributed by atoms with Crippen molar-refractivity contribution < 1.29 is 17.9 Å². The van der Waals surface area contributed by atoms with Gasteiger partial charge in [0.15, 0.2) is 0 Å². The van der Waals surface area contributed by atoms with Crippen molar-refractivity contribution >= 4 is 47.3 Å². The lowest BCUT2D eigenvalue weighted by Crippen LogP contribution is -2.18. The van der Waals surface area contributed by atoms with Gasteiger partial charge in [-0.3, -0.25) is 4.79 Å². The Bertz CT molecular complexity index is 589. The molecule has 0 saturated heterocycles. The van der Waals surface area contributed by atoms with E-state index in [1.165, 1.54) is 12.1 Å². The summed E-state index contributed by atoms with van der Waals surface area (Å²) >= 11 is 3.19. The molecule has 0 aliphatic carbocycles. The molecule has 1 N–H and O–H groups in total. The van der Waals surface area contributed by atoms with Crippen LogP contribution in [0.2, 0.25) is 0 Å². The summed E-state index contributed by atoms with van der Waals surface area (Å²) < 4.78 is 28.0. The van der Waals surface area contributed by atoms with E-state index < -0.39 is 9.05 Å². The number of aryl methyl sites for hydroxylation is 1. The summed E-state index contributed by atoms with van der Waals surface area (Å²) in [5.74, 6) is -0.316. The quantitative estimate of drug-likeness (QED) is 0.809. The number of hydrogen-bond donors (Lipinski definition) is 1. The van der Waals surface area contributed by atoms with Crippen LogP contribution in [0.25, 0.3) is 0 Å². The molecule has 5 nitrogen and oxygen atoms in total. The van der Waals surface area contributed by atoms with Crippen molar-refractivity contribution in [1.29, 1.82) is 0 Å². The Morgan fingerprint density at radius 2 is 2.11 bits per heavy atom. The fraction of sp³-hybridized carbons (Fsp3) is 0.364. The van der Waals surface area contributed by atoms with Gasteiger partial charge in [-0.25, -0.2) is 8.42 Å². The summed E-state index contributed by atoms with van der Waals surface area (Å²) in [6.45, 7) is 3.77. The van der Waals surface area contributed by atoms with Crippen LogP contribution in [0.3, 0.4) is 0 Å². The number of carbonyl (C=O) groups excluding carboxylic acids is 1. The molecule has 0 spiro atoms. The number of hydrogen-bond acceptors (Lipinski definition) is 4. The van der Waals surface area contributed by atoms with Gasteiger partial charge in [0.25, 0.3) is 9.05 Å². The molecule has 0 unspecified atom stereocenters. The summed E-state index contributed by atoms with van der Waals surface area (Å²) in [5, 5.41) is 2.62. The zero-order valence-electron chi connectivity index (χ0n) is 10.4. The zero-order chi connectivity index (χ0) is 14.6. The molecular weight excluding hydrogens is 358 g/mol. The Hall–Kier alpha value is -0.630. The molecular formula is C11H13BrClNO4S. The van der Waals surface area contributed by atoms with Crippen LogP contribution in [-0.4, -0.2) is 27.5 Å². The second kappa shape index (κ2) is 6.69. The van der Waals surface area contributed by atoms with Crippen molar-refractivity contribution in [2.75, 3.05) is 18.5 Å². The molecule has 1 aromatic rings. The maximum atomic E-state index is 11.5. The Balaban J connectivity index is 3.00. The van der Waals surface area contributed by atoms with Gasteiger partial charge < -0.3 is 10.1 Å². The molecule has 1 aromatic carbocycles. The average Bonchev–Trinajstić information content (AvgIpc) is 2.29. The van der Waals surface area contributed by atoms with Gasteiger partial charge in [-0.2, -0.15) is 0 Å². The molecule has 8 heteroatoms. The number of carbonyl (C=O) groups is 1. The van der Waals surface area contributed by atoms with Gasteiger partial charge in [-0.1, -0.05) is 0 Å². The van der Waals surface area contributed by atoms with Crippen molar-refractivity contribution in [2.24, 2.45) is 0 Å². The maximum absolute atomic E-state index is 11.5. The molecule has 0 aliphatic heterocycles. The van der Waals surface area contributed by atoms with E-state index in [2.05, 4.69) is 21.2 Å². The number of ether oxygens (including phenoxy) is 1. The number of amides is 1. The van der Waals surface area contributed by atoms with E-state index in [9.17, 15) is 13.2 Å². The standard InChI is InChI=1S/C11H13BrClNO4S/c1-3-18-6-11(15)14-9-4-7(2)10(5-8(9)12)19(13,16)17/h4-5H,3,6H2,1-2H3,(H,14,15). The van der Waals surface area contributed by atoms with Crippen LogP contribution >= 0.6 is 26.6 Å². The molecule has 0 atom stereocenters. The van der Waals surface area contributed by atoms with E-state index in [0.29, 0.717) is 22.3 Å². The largest absolute Gasteiger partial charge is 0.372 e. The lowest BCUT2D eigenvalue weighted by Gasteiger charge is -2.10. The first-order valence-electron chi connectivity index (χ1n) is 5.38. The molecule has 0 radical (unpaired) electrons. The first-order chi connectivity index (χ1) is 8.75. The summed E-state index contributed by atoms with van der Waals surface area (Å²) in [6.07, 6.45) is 0. The number of rotatable bonds is 5. The fourth-order valence-corrected chi connectivity index (χ4v) is 3.20. The van der Waals surface area contributed by atoms with Gasteiger partial charge in [-0.15, -0.1) is 0 Å². The Labute approximate surface area is 124 Å². The second-order valence-corrected chi connectivity index (χ2v) is 7.11. The molecule has 0 aromatic heterocycles. The summed E-state index contributed by atoms with van der Waals surface area (Å²) in [5.41, 5.74) is 0.913. The third kappa shape index (κ3) is 4.76. The first-order valence-corrected chi connectivity index (χ1v) is 8.48. The minimum Gasteiger partial charge on any atom is -0.372 e. The number of halogens is 2. The van der Waals surface area contributed by atoms with Crippen LogP contribution in [0.4, 0.5) is 5.69 Å². The smallest absolute Gasteiger partial charge is 0.261 e. The summed E-state index contributed by atoms with van der Waals surface area (Å²) in [7, 11) is 1.50. The number of benzene rings is 1. The molecule has 0 saturated carbocycles. The minimum absolute atomic E-state index is 0.00356. The third-order valence-corrected chi connectivity index (χ3v) is 4.36. The number of anilines is 1. The van der Waals surface area contributed by atoms with Crippen molar-refractivity contribution in [3.05, 3.63) is 22.2 Å². The monoisotopic (exact) mass is 369 g/mol. The maximum Gasteiger partial charge on any atom is 0.261 e. The van der Waals surface area contributed by atoms with Crippen LogP contribution < -0.4 is 5.32 Å². The van der Waals surface area contributed by atoms with E-state index in [-0.39, 0.29) is 17.4 Å². The van der Waals surface area contributed by atoms with E-state index in [4.69, 9.17) is 15.4 Å². The van der Waals surface area contributed by atoms with Crippen LogP contribution in [0.15, 0.2) is 21.5 Å². The van der Waals surface area contributed by atoms with E-state index in [1.807, 2.05) is 0 Å². The topological polar surface area (TPSA) is 72.5 Å². The predicted octanol–water partition coefficient (Wildman–Crippen LogP) is 2.66. The van der Waals surface area contributed by atoms with E-state index in [0.717, 1.165) is 0 Å². The van der Waals surface area contributed by atoms with Gasteiger partial charge in [0.2, 0.25) is 5.91 Å². The van der Waals surface area contributed by atoms with Gasteiger partial charge >= 0.3 is 0 Å². The van der Waals surface area contributed by atoms with Crippen LogP contribution in [-0.2, 0) is 18.6 Å². The second-order valence-electron chi connectivity index (χ2n) is 3.72. The van der Waals surface area contributed by atoms with Gasteiger partial charge in [-0.05, 0) is 47.5 Å². The van der Waals surface area contributed by atoms with E-state index in [1.54, 1.807) is 13.8 Å². The summed E-state index contributed by atoms with van der Waals surface area (Å²) in [6, 6.07) is 2.89. The predicted molar refractivity (Wildman–Crippen MR) is 77.0 cm³/mol. The normalized spacial score (nSPS) is 11.4. The third-order valence-electron chi connectivity index (χ3n) is 2.24. The lowest BCUT2D eigenvalue weighted by atomic mass is 10.2. The molecule has 0 fully saturated rings. The molecule has 19 heavy (non-hydrogen) atoms. The Morgan fingerprint density at radius 1 is 1.47 bits per heavy atom. The summed E-state index contributed by atoms with van der Waals surface area (Å²) in [4.78, 5) is 11.5. The first kappa shape index (κ1) is 16.4. The molecule has 1 rings (SSSR count). The molecule has 1 amide bonds. The Morgan fingerprint density at radius 3 is 2.63 bits per heavy atom. The fourth-order valence-electron chi connectivity index (χ4n) is 1.40. The highest BCUT2D eigenvalue weighted by molar-refractivity contribution is 9.10. The zero-order valence-corrected chi connectivity index (χ0v) is 13.5. The number of nitrogens with one attached hydrogen (secondary N) is 1. The molecule has 0 aliphatic rings. The molecule has 0 bridgehead atoms. The highest BCUT2D eigenvalue weighted by Gasteiger charge is 2.16. The van der Waals surface area contributed by atoms with E-state index >= 15 is 0 Å². The van der Waals surface area contributed by atoms with Crippen LogP contribution in [0.5, 0.6) is 0 Å². The average molecular weight is 371 g/mol. The highest BCUT2D eigenvalue weighted by Crippen LogP contribution is 2.30. The van der Waals surface area contributed by atoms with Crippen molar-refractivity contribution in [3.63, 3.8) is 0 Å². The van der Waals surface area contributed by atoms with Crippen molar-refractivity contribution in [2.45, 2.75) is 18.7 Å². The van der Waals surface area contributed by atoms with Crippen molar-refractivity contribution in [1.82, 2.24) is 0 Å². The van der Waals surface area contributed by atoms with Crippen LogP contribution in [0.1, 0.15) is 12.5 Å². The lowest BCUT2D eigenvalue weighted by molar-refractivity contribution is -0.120. The SMILES string of the molecule is CCOCC(=O)Nc1cc(C)c(S(=O)(=O)Cl)cc1Br. The van der Waals surface area contributed by atoms with Crippen molar-refractivity contribution in [3.8, 4) is 0 Å². The van der Waals surface area contributed by atoms with Gasteiger partial charge in [0, 0.05) is 21.8 Å². The molecule has 0 heterocycles. The van der Waals surface area contributed by atoms with Crippen LogP contribution in [0, 0.1) is 6.92 Å². The van der Waals surface area contributed by atoms with Gasteiger partial charge in [0.1, 0.15) is 6.61 Å². The Kier molecular flexibility index (Phi) is 5.79. The van der Waals surface area contributed by atoms with Gasteiger partial charge in [0.05, 0.1) is 10.6 Å². The molecule has 106 valence electrons.